The Morgan fingerprint density at radius 3 is 2.70 bits per heavy atom. The number of nitrogens with one attached hydrogen (secondary N) is 1. The molecule has 0 bridgehead atoms. The number of aliphatic hydroxyl groups excluding tert-OH is 1. The van der Waals surface area contributed by atoms with Crippen LogP contribution in [0.3, 0.4) is 0 Å². The average Bonchev–Trinajstić information content (AvgIpc) is 2.58. The number of hydrogen-bond donors (Lipinski definition) is 2. The molecule has 0 radical (unpaired) electrons. The molecule has 1 atom stereocenters. The van der Waals surface area contributed by atoms with Gasteiger partial charge in [0, 0.05) is 6.61 Å². The molecule has 1 unspecified atom stereocenters. The first-order valence-corrected chi connectivity index (χ1v) is 4.19. The van der Waals surface area contributed by atoms with Gasteiger partial charge in [0.2, 0.25) is 0 Å². The van der Waals surface area contributed by atoms with Crippen molar-refractivity contribution in [2.24, 2.45) is 11.3 Å². The summed E-state index contributed by atoms with van der Waals surface area (Å²) in [5.41, 5.74) is 0.365. The van der Waals surface area contributed by atoms with E-state index < -0.39 is 0 Å². The molecule has 1 saturated carbocycles. The lowest BCUT2D eigenvalue weighted by Gasteiger charge is -2.18. The second-order valence-corrected chi connectivity index (χ2v) is 3.71. The Kier molecular flexibility index (Phi) is 1.46. The highest BCUT2D eigenvalue weighted by Gasteiger charge is 2.49. The van der Waals surface area contributed by atoms with Crippen LogP contribution in [-0.2, 0) is 0 Å². The van der Waals surface area contributed by atoms with Crippen LogP contribution in [0.25, 0.3) is 0 Å². The van der Waals surface area contributed by atoms with Gasteiger partial charge in [-0.15, -0.1) is 0 Å². The first-order valence-electron chi connectivity index (χ1n) is 4.19. The maximum absolute atomic E-state index is 9.09. The highest BCUT2D eigenvalue weighted by Crippen LogP contribution is 2.53. The van der Waals surface area contributed by atoms with Gasteiger partial charge in [0.15, 0.2) is 0 Å². The van der Waals surface area contributed by atoms with Gasteiger partial charge < -0.3 is 10.4 Å². The lowest BCUT2D eigenvalue weighted by molar-refractivity contribution is 0.163. The van der Waals surface area contributed by atoms with Crippen LogP contribution in [0.15, 0.2) is 0 Å². The first-order chi connectivity index (χ1) is 4.87. The standard InChI is InChI=1S/C8H15NO/c10-6-8(2-3-8)7-1-4-9-5-7/h7,9-10H,1-6H2. The molecule has 2 nitrogen and oxygen atoms in total. The summed E-state index contributed by atoms with van der Waals surface area (Å²) < 4.78 is 0. The molecule has 2 fully saturated rings. The van der Waals surface area contributed by atoms with Gasteiger partial charge in [-0.05, 0) is 43.7 Å². The van der Waals surface area contributed by atoms with Crippen LogP contribution in [-0.4, -0.2) is 24.8 Å². The largest absolute Gasteiger partial charge is 0.396 e. The summed E-state index contributed by atoms with van der Waals surface area (Å²) in [6.45, 7) is 2.71. The zero-order valence-electron chi connectivity index (χ0n) is 6.27. The molecule has 0 aromatic carbocycles. The molecule has 10 heavy (non-hydrogen) atoms. The molecule has 2 aliphatic rings. The maximum atomic E-state index is 9.09. The molecule has 0 aromatic rings. The molecule has 58 valence electrons. The van der Waals surface area contributed by atoms with E-state index in [1.54, 1.807) is 0 Å². The Morgan fingerprint density at radius 2 is 2.30 bits per heavy atom. The molecular weight excluding hydrogens is 126 g/mol. The normalized spacial score (nSPS) is 36.3. The molecule has 2 N–H and O–H groups in total. The summed E-state index contributed by atoms with van der Waals surface area (Å²) >= 11 is 0. The zero-order chi connectivity index (χ0) is 7.03. The SMILES string of the molecule is OCC1(C2CCNC2)CC1. The Hall–Kier alpha value is -0.0800. The molecule has 0 amide bonds. The van der Waals surface area contributed by atoms with Crippen LogP contribution in [0.5, 0.6) is 0 Å². The summed E-state index contributed by atoms with van der Waals surface area (Å²) in [6.07, 6.45) is 3.80. The van der Waals surface area contributed by atoms with Crippen molar-refractivity contribution >= 4 is 0 Å². The second kappa shape index (κ2) is 2.21. The van der Waals surface area contributed by atoms with Gasteiger partial charge in [-0.3, -0.25) is 0 Å². The maximum Gasteiger partial charge on any atom is 0.0490 e. The molecule has 1 saturated heterocycles. The van der Waals surface area contributed by atoms with E-state index in [2.05, 4.69) is 5.32 Å². The van der Waals surface area contributed by atoms with E-state index in [0.717, 1.165) is 19.0 Å². The average molecular weight is 141 g/mol. The van der Waals surface area contributed by atoms with Gasteiger partial charge in [-0.2, -0.15) is 0 Å². The number of aliphatic hydroxyl groups is 1. The highest BCUT2D eigenvalue weighted by molar-refractivity contribution is 5.00. The van der Waals surface area contributed by atoms with E-state index in [1.165, 1.54) is 19.3 Å². The van der Waals surface area contributed by atoms with Crippen LogP contribution in [0.4, 0.5) is 0 Å². The number of hydrogen-bond acceptors (Lipinski definition) is 2. The Bertz CT molecular complexity index is 125. The lowest BCUT2D eigenvalue weighted by atomic mass is 9.89. The van der Waals surface area contributed by atoms with E-state index in [9.17, 15) is 0 Å². The molecule has 1 heterocycles. The number of rotatable bonds is 2. The second-order valence-electron chi connectivity index (χ2n) is 3.71. The third-order valence-electron chi connectivity index (χ3n) is 3.13. The Labute approximate surface area is 61.6 Å². The molecule has 1 aliphatic carbocycles. The third-order valence-corrected chi connectivity index (χ3v) is 3.13. The van der Waals surface area contributed by atoms with Gasteiger partial charge in [0.05, 0.1) is 0 Å². The van der Waals surface area contributed by atoms with Crippen molar-refractivity contribution in [3.05, 3.63) is 0 Å². The topological polar surface area (TPSA) is 32.3 Å². The summed E-state index contributed by atoms with van der Waals surface area (Å²) in [7, 11) is 0. The van der Waals surface area contributed by atoms with E-state index in [0.29, 0.717) is 12.0 Å². The monoisotopic (exact) mass is 141 g/mol. The molecule has 0 aromatic heterocycles. The summed E-state index contributed by atoms with van der Waals surface area (Å²) in [4.78, 5) is 0. The first kappa shape index (κ1) is 6.62. The van der Waals surface area contributed by atoms with Crippen molar-refractivity contribution in [3.8, 4) is 0 Å². The Balaban J connectivity index is 1.96. The van der Waals surface area contributed by atoms with Crippen molar-refractivity contribution in [1.29, 1.82) is 0 Å². The van der Waals surface area contributed by atoms with Crippen molar-refractivity contribution in [2.45, 2.75) is 19.3 Å². The van der Waals surface area contributed by atoms with E-state index >= 15 is 0 Å². The molecule has 2 rings (SSSR count). The van der Waals surface area contributed by atoms with Crippen molar-refractivity contribution < 1.29 is 5.11 Å². The molecule has 2 heteroatoms. The van der Waals surface area contributed by atoms with Crippen molar-refractivity contribution in [2.75, 3.05) is 19.7 Å². The van der Waals surface area contributed by atoms with Gasteiger partial charge in [0.1, 0.15) is 0 Å². The fraction of sp³-hybridized carbons (Fsp3) is 1.00. The minimum absolute atomic E-state index is 0.365. The van der Waals surface area contributed by atoms with Crippen LogP contribution >= 0.6 is 0 Å². The third kappa shape index (κ3) is 0.867. The minimum atomic E-state index is 0.365. The zero-order valence-corrected chi connectivity index (χ0v) is 6.27. The van der Waals surface area contributed by atoms with Crippen LogP contribution < -0.4 is 5.32 Å². The van der Waals surface area contributed by atoms with Crippen LogP contribution in [0.1, 0.15) is 19.3 Å². The Morgan fingerprint density at radius 1 is 1.50 bits per heavy atom. The van der Waals surface area contributed by atoms with Gasteiger partial charge in [-0.25, -0.2) is 0 Å². The molecule has 0 spiro atoms. The van der Waals surface area contributed by atoms with E-state index in [-0.39, 0.29) is 0 Å². The van der Waals surface area contributed by atoms with Crippen molar-refractivity contribution in [1.82, 2.24) is 5.32 Å². The van der Waals surface area contributed by atoms with E-state index in [1.807, 2.05) is 0 Å². The van der Waals surface area contributed by atoms with Gasteiger partial charge >= 0.3 is 0 Å². The fourth-order valence-corrected chi connectivity index (χ4v) is 2.03. The minimum Gasteiger partial charge on any atom is -0.396 e. The van der Waals surface area contributed by atoms with Gasteiger partial charge in [-0.1, -0.05) is 0 Å². The van der Waals surface area contributed by atoms with E-state index in [4.69, 9.17) is 5.11 Å². The molecule has 1 aliphatic heterocycles. The van der Waals surface area contributed by atoms with Gasteiger partial charge in [0.25, 0.3) is 0 Å². The quantitative estimate of drug-likeness (QED) is 0.582. The summed E-state index contributed by atoms with van der Waals surface area (Å²) in [5, 5.41) is 12.4. The predicted molar refractivity (Wildman–Crippen MR) is 39.7 cm³/mol. The summed E-state index contributed by atoms with van der Waals surface area (Å²) in [6, 6.07) is 0. The highest BCUT2D eigenvalue weighted by atomic mass is 16.3. The lowest BCUT2D eigenvalue weighted by Crippen LogP contribution is -2.22. The van der Waals surface area contributed by atoms with Crippen LogP contribution in [0.2, 0.25) is 0 Å². The summed E-state index contributed by atoms with van der Waals surface area (Å²) in [5.74, 6) is 0.775. The predicted octanol–water partition coefficient (Wildman–Crippen LogP) is 0.368. The molecular formula is C8H15NO. The van der Waals surface area contributed by atoms with Crippen LogP contribution in [0, 0.1) is 11.3 Å². The smallest absolute Gasteiger partial charge is 0.0490 e. The fourth-order valence-electron chi connectivity index (χ4n) is 2.03. The van der Waals surface area contributed by atoms with Crippen molar-refractivity contribution in [3.63, 3.8) is 0 Å².